The lowest BCUT2D eigenvalue weighted by Crippen LogP contribution is -1.92. The van der Waals surface area contributed by atoms with Crippen molar-refractivity contribution >= 4 is 45.8 Å². The molecule has 3 nitrogen and oxygen atoms in total. The number of hydrogen-bond donors (Lipinski definition) is 1. The summed E-state index contributed by atoms with van der Waals surface area (Å²) in [5.41, 5.74) is 4.13. The molecule has 3 rings (SSSR count). The zero-order chi connectivity index (χ0) is 17.8. The van der Waals surface area contributed by atoms with E-state index in [-0.39, 0.29) is 0 Å². The number of anilines is 1. The van der Waals surface area contributed by atoms with Gasteiger partial charge in [-0.25, -0.2) is 4.98 Å². The van der Waals surface area contributed by atoms with Crippen molar-refractivity contribution < 1.29 is 0 Å². The third-order valence-corrected chi connectivity index (χ3v) is 4.94. The zero-order valence-electron chi connectivity index (χ0n) is 13.3. The van der Waals surface area contributed by atoms with E-state index in [2.05, 4.69) is 16.4 Å². The quantitative estimate of drug-likeness (QED) is 0.528. The Bertz CT molecular complexity index is 969. The molecule has 0 bridgehead atoms. The molecule has 0 aliphatic rings. The van der Waals surface area contributed by atoms with Crippen molar-refractivity contribution in [2.24, 2.45) is 0 Å². The molecule has 3 aromatic rings. The number of benzene rings is 2. The Hall–Kier alpha value is -2.32. The van der Waals surface area contributed by atoms with Crippen LogP contribution in [0, 0.1) is 18.3 Å². The minimum atomic E-state index is 0.430. The van der Waals surface area contributed by atoms with E-state index in [1.54, 1.807) is 24.4 Å². The van der Waals surface area contributed by atoms with Crippen LogP contribution >= 0.6 is 34.5 Å². The molecule has 0 amide bonds. The fraction of sp³-hybridized carbons (Fsp3) is 0.0526. The molecule has 0 fully saturated rings. The van der Waals surface area contributed by atoms with Crippen LogP contribution in [0.5, 0.6) is 0 Å². The number of aryl methyl sites for hydroxylation is 1. The molecule has 0 radical (unpaired) electrons. The minimum Gasteiger partial charge on any atom is -0.359 e. The molecule has 1 aromatic heterocycles. The second kappa shape index (κ2) is 7.71. The van der Waals surface area contributed by atoms with E-state index in [9.17, 15) is 5.26 Å². The first-order valence-corrected chi connectivity index (χ1v) is 9.05. The molecule has 6 heteroatoms. The maximum absolute atomic E-state index is 9.45. The van der Waals surface area contributed by atoms with Crippen LogP contribution in [0.25, 0.3) is 16.8 Å². The third-order valence-electron chi connectivity index (χ3n) is 3.50. The monoisotopic (exact) mass is 385 g/mol. The van der Waals surface area contributed by atoms with Crippen LogP contribution in [0.1, 0.15) is 10.6 Å². The highest BCUT2D eigenvalue weighted by Gasteiger charge is 2.09. The van der Waals surface area contributed by atoms with Crippen LogP contribution in [-0.4, -0.2) is 4.98 Å². The molecular weight excluding hydrogens is 373 g/mol. The Balaban J connectivity index is 1.85. The Morgan fingerprint density at radius 1 is 1.20 bits per heavy atom. The van der Waals surface area contributed by atoms with E-state index in [0.717, 1.165) is 11.3 Å². The maximum Gasteiger partial charge on any atom is 0.136 e. The number of thiazole rings is 1. The van der Waals surface area contributed by atoms with Gasteiger partial charge in [-0.05, 0) is 25.1 Å². The van der Waals surface area contributed by atoms with E-state index >= 15 is 0 Å². The molecule has 25 heavy (non-hydrogen) atoms. The predicted molar refractivity (Wildman–Crippen MR) is 106 cm³/mol. The first-order valence-electron chi connectivity index (χ1n) is 7.41. The molecule has 0 saturated carbocycles. The van der Waals surface area contributed by atoms with Gasteiger partial charge < -0.3 is 5.32 Å². The standard InChI is InChI=1S/C19H13Cl2N3S/c1-12-2-4-13(5-3-12)18-11-25-19(24-18)14(9-22)10-23-17-8-15(20)6-7-16(17)21/h2-8,10-11,23H,1H3/b14-10+. The molecule has 0 spiro atoms. The van der Waals surface area contributed by atoms with Crippen molar-refractivity contribution in [1.82, 2.24) is 4.98 Å². The Morgan fingerprint density at radius 2 is 1.96 bits per heavy atom. The molecule has 0 unspecified atom stereocenters. The van der Waals surface area contributed by atoms with Crippen LogP contribution in [0.4, 0.5) is 5.69 Å². The zero-order valence-corrected chi connectivity index (χ0v) is 15.6. The Labute approximate surface area is 160 Å². The second-order valence-electron chi connectivity index (χ2n) is 5.34. The summed E-state index contributed by atoms with van der Waals surface area (Å²) in [4.78, 5) is 4.56. The van der Waals surface area contributed by atoms with E-state index in [1.807, 2.05) is 36.6 Å². The number of hydrogen-bond acceptors (Lipinski definition) is 4. The lowest BCUT2D eigenvalue weighted by atomic mass is 10.1. The van der Waals surface area contributed by atoms with E-state index in [4.69, 9.17) is 23.2 Å². The van der Waals surface area contributed by atoms with Gasteiger partial charge in [-0.2, -0.15) is 5.26 Å². The van der Waals surface area contributed by atoms with Crippen molar-refractivity contribution in [2.45, 2.75) is 6.92 Å². The number of allylic oxidation sites excluding steroid dienone is 1. The first kappa shape index (κ1) is 17.5. The van der Waals surface area contributed by atoms with E-state index in [1.165, 1.54) is 16.9 Å². The van der Waals surface area contributed by atoms with Gasteiger partial charge >= 0.3 is 0 Å². The Kier molecular flexibility index (Phi) is 5.40. The largest absolute Gasteiger partial charge is 0.359 e. The molecule has 0 aliphatic heterocycles. The minimum absolute atomic E-state index is 0.430. The van der Waals surface area contributed by atoms with E-state index < -0.39 is 0 Å². The highest BCUT2D eigenvalue weighted by Crippen LogP contribution is 2.28. The highest BCUT2D eigenvalue weighted by atomic mass is 35.5. The lowest BCUT2D eigenvalue weighted by Gasteiger charge is -2.04. The highest BCUT2D eigenvalue weighted by molar-refractivity contribution is 7.11. The summed E-state index contributed by atoms with van der Waals surface area (Å²) in [6, 6.07) is 15.4. The van der Waals surface area contributed by atoms with Gasteiger partial charge in [0.25, 0.3) is 0 Å². The SMILES string of the molecule is Cc1ccc(-c2csc(/C(C#N)=C/Nc3cc(Cl)ccc3Cl)n2)cc1. The van der Waals surface area contributed by atoms with Crippen LogP contribution < -0.4 is 5.32 Å². The van der Waals surface area contributed by atoms with Gasteiger partial charge in [-0.15, -0.1) is 11.3 Å². The van der Waals surface area contributed by atoms with Gasteiger partial charge in [0.15, 0.2) is 0 Å². The summed E-state index contributed by atoms with van der Waals surface area (Å²) >= 11 is 13.5. The van der Waals surface area contributed by atoms with Crippen molar-refractivity contribution in [3.05, 3.63) is 74.7 Å². The maximum atomic E-state index is 9.45. The summed E-state index contributed by atoms with van der Waals surface area (Å²) in [6.45, 7) is 2.04. The van der Waals surface area contributed by atoms with Crippen LogP contribution in [-0.2, 0) is 0 Å². The van der Waals surface area contributed by atoms with Gasteiger partial charge in [0.1, 0.15) is 16.6 Å². The van der Waals surface area contributed by atoms with Crippen molar-refractivity contribution in [1.29, 1.82) is 5.26 Å². The topological polar surface area (TPSA) is 48.7 Å². The van der Waals surface area contributed by atoms with Crippen molar-refractivity contribution in [3.63, 3.8) is 0 Å². The number of aromatic nitrogens is 1. The smallest absolute Gasteiger partial charge is 0.136 e. The molecule has 0 saturated heterocycles. The van der Waals surface area contributed by atoms with Gasteiger partial charge in [0.05, 0.1) is 16.4 Å². The summed E-state index contributed by atoms with van der Waals surface area (Å²) in [6.07, 6.45) is 1.59. The van der Waals surface area contributed by atoms with Crippen LogP contribution in [0.3, 0.4) is 0 Å². The number of rotatable bonds is 4. The number of nitrogens with zero attached hydrogens (tertiary/aromatic N) is 2. The predicted octanol–water partition coefficient (Wildman–Crippen LogP) is 6.40. The van der Waals surface area contributed by atoms with Crippen LogP contribution in [0.15, 0.2) is 54.0 Å². The average molecular weight is 386 g/mol. The fourth-order valence-corrected chi connectivity index (χ4v) is 3.29. The van der Waals surface area contributed by atoms with E-state index in [0.29, 0.717) is 26.3 Å². The van der Waals surface area contributed by atoms with Gasteiger partial charge in [0, 0.05) is 22.2 Å². The molecule has 2 aromatic carbocycles. The summed E-state index contributed by atoms with van der Waals surface area (Å²) < 4.78 is 0. The molecule has 1 heterocycles. The van der Waals surface area contributed by atoms with Crippen LogP contribution in [0.2, 0.25) is 10.0 Å². The third kappa shape index (κ3) is 4.21. The van der Waals surface area contributed by atoms with Crippen molar-refractivity contribution in [2.75, 3.05) is 5.32 Å². The fourth-order valence-electron chi connectivity index (χ4n) is 2.15. The van der Waals surface area contributed by atoms with Gasteiger partial charge in [-0.1, -0.05) is 53.0 Å². The molecule has 0 atom stereocenters. The normalized spacial score (nSPS) is 11.2. The molecule has 0 aliphatic carbocycles. The summed E-state index contributed by atoms with van der Waals surface area (Å²) in [7, 11) is 0. The molecule has 124 valence electrons. The number of halogens is 2. The molecule has 1 N–H and O–H groups in total. The number of nitriles is 1. The van der Waals surface area contributed by atoms with Gasteiger partial charge in [0.2, 0.25) is 0 Å². The molecular formula is C19H13Cl2N3S. The second-order valence-corrected chi connectivity index (χ2v) is 7.04. The summed E-state index contributed by atoms with van der Waals surface area (Å²) in [5.74, 6) is 0. The van der Waals surface area contributed by atoms with Crippen molar-refractivity contribution in [3.8, 4) is 17.3 Å². The lowest BCUT2D eigenvalue weighted by molar-refractivity contribution is 1.36. The summed E-state index contributed by atoms with van der Waals surface area (Å²) in [5, 5.41) is 16.1. The van der Waals surface area contributed by atoms with Gasteiger partial charge in [-0.3, -0.25) is 0 Å². The average Bonchev–Trinajstić information content (AvgIpc) is 3.09. The Morgan fingerprint density at radius 3 is 2.68 bits per heavy atom. The first-order chi connectivity index (χ1) is 12.1. The number of nitrogens with one attached hydrogen (secondary N) is 1.